The van der Waals surface area contributed by atoms with Crippen molar-refractivity contribution in [3.05, 3.63) is 39.9 Å². The molecule has 1 aromatic rings. The summed E-state index contributed by atoms with van der Waals surface area (Å²) in [6, 6.07) is 6.25. The zero-order valence-electron chi connectivity index (χ0n) is 8.00. The van der Waals surface area contributed by atoms with Crippen molar-refractivity contribution in [3.63, 3.8) is 0 Å². The van der Waals surface area contributed by atoms with Gasteiger partial charge in [0.15, 0.2) is 0 Å². The van der Waals surface area contributed by atoms with E-state index in [1.54, 1.807) is 24.3 Å². The molecule has 80 valence electrons. The summed E-state index contributed by atoms with van der Waals surface area (Å²) in [6.45, 7) is 1.18. The molecular weight excluding hydrogens is 203 g/mol. The Kier molecular flexibility index (Phi) is 3.61. The van der Waals surface area contributed by atoms with Crippen molar-refractivity contribution in [3.8, 4) is 5.75 Å². The van der Waals surface area contributed by atoms with Gasteiger partial charge in [0.05, 0.1) is 0 Å². The number of carbonyl (C=O) groups excluding carboxylic acids is 1. The van der Waals surface area contributed by atoms with Crippen molar-refractivity contribution < 1.29 is 19.5 Å². The molecule has 0 aliphatic rings. The summed E-state index contributed by atoms with van der Waals surface area (Å²) in [6.07, 6.45) is 0. The molecule has 0 heterocycles. The Morgan fingerprint density at radius 1 is 1.40 bits per heavy atom. The zero-order chi connectivity index (χ0) is 11.3. The smallest absolute Gasteiger partial charge is 0.308 e. The molecule has 0 radical (unpaired) electrons. The third-order valence-corrected chi connectivity index (χ3v) is 1.52. The van der Waals surface area contributed by atoms with Gasteiger partial charge in [-0.2, -0.15) is 0 Å². The topological polar surface area (TPSA) is 78.7 Å². The van der Waals surface area contributed by atoms with Crippen LogP contribution in [0.4, 0.5) is 0 Å². The zero-order valence-corrected chi connectivity index (χ0v) is 8.00. The van der Waals surface area contributed by atoms with Gasteiger partial charge >= 0.3 is 5.97 Å². The van der Waals surface area contributed by atoms with Crippen LogP contribution in [0.15, 0.2) is 24.3 Å². The fourth-order valence-electron chi connectivity index (χ4n) is 0.947. The molecule has 0 unspecified atom stereocenters. The van der Waals surface area contributed by atoms with Gasteiger partial charge in [0.1, 0.15) is 12.4 Å². The average Bonchev–Trinajstić information content (AvgIpc) is 2.16. The Bertz CT molecular complexity index is 359. The van der Waals surface area contributed by atoms with Crippen molar-refractivity contribution in [1.29, 1.82) is 0 Å². The third-order valence-electron chi connectivity index (χ3n) is 1.52. The minimum Gasteiger partial charge on any atom is -0.427 e. The molecule has 0 saturated heterocycles. The number of carbonyl (C=O) groups is 1. The predicted octanol–water partition coefficient (Wildman–Crippen LogP) is 1.32. The number of benzene rings is 1. The third kappa shape index (κ3) is 4.08. The van der Waals surface area contributed by atoms with E-state index < -0.39 is 11.1 Å². The molecule has 0 amide bonds. The van der Waals surface area contributed by atoms with Crippen molar-refractivity contribution in [1.82, 2.24) is 0 Å². The van der Waals surface area contributed by atoms with Crippen molar-refractivity contribution in [2.24, 2.45) is 0 Å². The molecule has 0 spiro atoms. The molecule has 0 atom stereocenters. The first-order valence-corrected chi connectivity index (χ1v) is 4.12. The summed E-state index contributed by atoms with van der Waals surface area (Å²) in [7, 11) is 0. The van der Waals surface area contributed by atoms with E-state index in [1.165, 1.54) is 6.92 Å². The molecule has 0 N–H and O–H groups in total. The fraction of sp³-hybridized carbons (Fsp3) is 0.222. The average molecular weight is 212 g/mol. The lowest BCUT2D eigenvalue weighted by atomic mass is 10.2. The number of nitrogens with zero attached hydrogens (tertiary/aromatic N) is 1. The van der Waals surface area contributed by atoms with Gasteiger partial charge in [0.2, 0.25) is 0 Å². The van der Waals surface area contributed by atoms with Crippen molar-refractivity contribution >= 4 is 5.97 Å². The number of esters is 1. The molecule has 0 bridgehead atoms. The van der Waals surface area contributed by atoms with Crippen molar-refractivity contribution in [2.45, 2.75) is 13.5 Å². The van der Waals surface area contributed by atoms with Gasteiger partial charge in [-0.05, 0) is 17.7 Å². The van der Waals surface area contributed by atoms with E-state index in [0.29, 0.717) is 11.3 Å². The molecule has 0 fully saturated rings. The molecule has 6 heteroatoms. The number of hydrogen-bond acceptors (Lipinski definition) is 5. The largest absolute Gasteiger partial charge is 0.427 e. The molecule has 15 heavy (non-hydrogen) atoms. The maximum Gasteiger partial charge on any atom is 0.308 e. The summed E-state index contributed by atoms with van der Waals surface area (Å²) >= 11 is 0. The van der Waals surface area contributed by atoms with Crippen LogP contribution in [0, 0.1) is 10.1 Å². The molecule has 0 aliphatic carbocycles. The summed E-state index contributed by atoms with van der Waals surface area (Å²) in [5.41, 5.74) is 0.627. The lowest BCUT2D eigenvalue weighted by Gasteiger charge is -2.02. The quantitative estimate of drug-likeness (QED) is 0.247. The normalized spacial score (nSPS) is 9.40. The fourth-order valence-corrected chi connectivity index (χ4v) is 0.947. The Morgan fingerprint density at radius 2 is 2.00 bits per heavy atom. The summed E-state index contributed by atoms with van der Waals surface area (Å²) in [5, 5.41) is 9.04. The molecule has 1 aromatic carbocycles. The Hall–Kier alpha value is -2.11. The molecular formula is C9H9NO5. The van der Waals surface area contributed by atoms with Crippen LogP contribution in [-0.2, 0) is 16.2 Å². The van der Waals surface area contributed by atoms with Gasteiger partial charge < -0.3 is 9.57 Å². The maximum absolute atomic E-state index is 10.6. The second-order valence-electron chi connectivity index (χ2n) is 2.73. The van der Waals surface area contributed by atoms with Crippen LogP contribution in [-0.4, -0.2) is 11.1 Å². The van der Waals surface area contributed by atoms with Crippen LogP contribution in [0.5, 0.6) is 5.75 Å². The van der Waals surface area contributed by atoms with E-state index in [0.717, 1.165) is 0 Å². The van der Waals surface area contributed by atoms with Crippen LogP contribution in [0.1, 0.15) is 12.5 Å². The maximum atomic E-state index is 10.6. The van der Waals surface area contributed by atoms with E-state index in [9.17, 15) is 14.9 Å². The van der Waals surface area contributed by atoms with Crippen molar-refractivity contribution in [2.75, 3.05) is 0 Å². The SMILES string of the molecule is CC(=O)Oc1ccc(CO[15N+](=O)[O-])cc1. The summed E-state index contributed by atoms with van der Waals surface area (Å²) in [4.78, 5) is 24.6. The minimum absolute atomic E-state index is 0.118. The molecule has 6 nitrogen and oxygen atoms in total. The highest BCUT2D eigenvalue weighted by Crippen LogP contribution is 2.12. The molecule has 0 aliphatic heterocycles. The number of ether oxygens (including phenoxy) is 1. The van der Waals surface area contributed by atoms with Gasteiger partial charge in [-0.15, -0.1) is 10.1 Å². The second kappa shape index (κ2) is 4.94. The van der Waals surface area contributed by atoms with E-state index in [2.05, 4.69) is 4.84 Å². The molecule has 0 saturated carbocycles. The molecule has 0 aromatic heterocycles. The van der Waals surface area contributed by atoms with Crippen LogP contribution >= 0.6 is 0 Å². The van der Waals surface area contributed by atoms with Gasteiger partial charge in [0, 0.05) is 6.92 Å². The lowest BCUT2D eigenvalue weighted by Crippen LogP contribution is -2.02. The van der Waals surface area contributed by atoms with E-state index in [-0.39, 0.29) is 6.61 Å². The highest BCUT2D eigenvalue weighted by Gasteiger charge is 2.00. The summed E-state index contributed by atoms with van der Waals surface area (Å²) < 4.78 is 4.78. The number of hydrogen-bond donors (Lipinski definition) is 0. The Balaban J connectivity index is 2.56. The standard InChI is InChI=1S/C9H9NO5/c1-7(11)15-9-4-2-8(3-5-9)6-14-10(12)13/h2-5H,6H2,1H3/i10+1. The van der Waals surface area contributed by atoms with Crippen LogP contribution < -0.4 is 4.74 Å². The lowest BCUT2D eigenvalue weighted by molar-refractivity contribution is -0.763. The van der Waals surface area contributed by atoms with Gasteiger partial charge in [-0.1, -0.05) is 12.1 Å². The van der Waals surface area contributed by atoms with Gasteiger partial charge in [-0.3, -0.25) is 4.79 Å². The predicted molar refractivity (Wildman–Crippen MR) is 49.5 cm³/mol. The van der Waals surface area contributed by atoms with Gasteiger partial charge in [0.25, 0.3) is 5.09 Å². The minimum atomic E-state index is -0.861. The summed E-state index contributed by atoms with van der Waals surface area (Å²) in [5.74, 6) is -0.0170. The highest BCUT2D eigenvalue weighted by molar-refractivity contribution is 5.69. The van der Waals surface area contributed by atoms with Crippen LogP contribution in [0.25, 0.3) is 0 Å². The van der Waals surface area contributed by atoms with E-state index >= 15 is 0 Å². The number of rotatable bonds is 4. The monoisotopic (exact) mass is 212 g/mol. The van der Waals surface area contributed by atoms with E-state index in [4.69, 9.17) is 4.74 Å². The first-order chi connectivity index (χ1) is 7.08. The van der Waals surface area contributed by atoms with E-state index in [1.807, 2.05) is 0 Å². The second-order valence-corrected chi connectivity index (χ2v) is 2.73. The van der Waals surface area contributed by atoms with Gasteiger partial charge in [-0.25, -0.2) is 0 Å². The first-order valence-electron chi connectivity index (χ1n) is 4.12. The van der Waals surface area contributed by atoms with Crippen LogP contribution in [0.3, 0.4) is 0 Å². The van der Waals surface area contributed by atoms with Crippen LogP contribution in [0.2, 0.25) is 0 Å². The Morgan fingerprint density at radius 3 is 2.47 bits per heavy atom. The first kappa shape index (κ1) is 11.0. The highest BCUT2D eigenvalue weighted by atomic mass is 17.2. The molecule has 1 rings (SSSR count). The Labute approximate surface area is 85.5 Å².